The predicted octanol–water partition coefficient (Wildman–Crippen LogP) is 2.97. The lowest BCUT2D eigenvalue weighted by Crippen LogP contribution is -2.40. The van der Waals surface area contributed by atoms with Gasteiger partial charge in [0.05, 0.1) is 4.90 Å². The minimum atomic E-state index is -3.58. The van der Waals surface area contributed by atoms with Gasteiger partial charge >= 0.3 is 0 Å². The Kier molecular flexibility index (Phi) is 7.65. The molecule has 0 saturated carbocycles. The summed E-state index contributed by atoms with van der Waals surface area (Å²) in [5, 5.41) is 0. The normalized spacial score (nSPS) is 17.0. The van der Waals surface area contributed by atoms with Gasteiger partial charge < -0.3 is 9.80 Å². The van der Waals surface area contributed by atoms with E-state index in [9.17, 15) is 13.2 Å². The van der Waals surface area contributed by atoms with E-state index in [0.29, 0.717) is 24.4 Å². The molecule has 0 aliphatic carbocycles. The van der Waals surface area contributed by atoms with Crippen molar-refractivity contribution in [3.63, 3.8) is 0 Å². The van der Waals surface area contributed by atoms with Crippen LogP contribution in [0.2, 0.25) is 0 Å². The summed E-state index contributed by atoms with van der Waals surface area (Å²) >= 11 is 0. The quantitative estimate of drug-likeness (QED) is 0.629. The number of hydrogen-bond donors (Lipinski definition) is 0. The topological polar surface area (TPSA) is 60.9 Å². The summed E-state index contributed by atoms with van der Waals surface area (Å²) < 4.78 is 28.4. The Morgan fingerprint density at radius 2 is 1.86 bits per heavy atom. The predicted molar refractivity (Wildman–Crippen MR) is 114 cm³/mol. The fourth-order valence-corrected chi connectivity index (χ4v) is 5.55. The van der Waals surface area contributed by atoms with Crippen LogP contribution in [0.3, 0.4) is 0 Å². The van der Waals surface area contributed by atoms with E-state index < -0.39 is 10.0 Å². The third kappa shape index (κ3) is 4.93. The van der Waals surface area contributed by atoms with Gasteiger partial charge in [0.2, 0.25) is 15.9 Å². The van der Waals surface area contributed by atoms with Crippen LogP contribution in [-0.4, -0.2) is 62.3 Å². The highest BCUT2D eigenvalue weighted by molar-refractivity contribution is 7.89. The third-order valence-electron chi connectivity index (χ3n) is 5.37. The molecule has 0 radical (unpaired) electrons. The molecule has 0 N–H and O–H groups in total. The van der Waals surface area contributed by atoms with Crippen LogP contribution in [0.4, 0.5) is 5.69 Å². The summed E-state index contributed by atoms with van der Waals surface area (Å²) in [6.45, 7) is 15.3. The first-order valence-corrected chi connectivity index (χ1v) is 11.7. The molecule has 1 unspecified atom stereocenters. The standard InChI is InChI=1S/C21H35N3O3S/c1-7-22(8-2)11-12-23(15-16(3)4)28(26,27)20-9-10-21-19(14-20)13-17(5)24(21)18(6)25/h9-10,14,16-17H,7-8,11-13,15H2,1-6H3. The van der Waals surface area contributed by atoms with Gasteiger partial charge in [-0.25, -0.2) is 8.42 Å². The Morgan fingerprint density at radius 1 is 1.21 bits per heavy atom. The largest absolute Gasteiger partial charge is 0.309 e. The Bertz CT molecular complexity index is 788. The summed E-state index contributed by atoms with van der Waals surface area (Å²) in [6.07, 6.45) is 0.682. The van der Waals surface area contributed by atoms with Crippen molar-refractivity contribution in [3.05, 3.63) is 23.8 Å². The number of sulfonamides is 1. The van der Waals surface area contributed by atoms with Crippen molar-refractivity contribution in [3.8, 4) is 0 Å². The smallest absolute Gasteiger partial charge is 0.243 e. The zero-order valence-electron chi connectivity index (χ0n) is 18.1. The van der Waals surface area contributed by atoms with Crippen LogP contribution in [0.1, 0.15) is 47.1 Å². The lowest BCUT2D eigenvalue weighted by atomic mass is 10.1. The highest BCUT2D eigenvalue weighted by Crippen LogP contribution is 2.34. The first-order valence-electron chi connectivity index (χ1n) is 10.3. The zero-order chi connectivity index (χ0) is 21.1. The lowest BCUT2D eigenvalue weighted by molar-refractivity contribution is -0.116. The molecule has 1 aromatic carbocycles. The molecule has 1 aliphatic heterocycles. The van der Waals surface area contributed by atoms with Crippen molar-refractivity contribution in [2.24, 2.45) is 5.92 Å². The molecule has 1 heterocycles. The number of carbonyl (C=O) groups is 1. The number of likely N-dealkylation sites (N-methyl/N-ethyl adjacent to an activating group) is 1. The number of rotatable bonds is 9. The Balaban J connectivity index is 2.32. The van der Waals surface area contributed by atoms with E-state index in [1.165, 1.54) is 0 Å². The molecule has 1 aliphatic rings. The van der Waals surface area contributed by atoms with E-state index >= 15 is 0 Å². The van der Waals surface area contributed by atoms with Crippen molar-refractivity contribution in [2.45, 2.75) is 58.9 Å². The first kappa shape index (κ1) is 22.8. The molecule has 0 saturated heterocycles. The number of fused-ring (bicyclic) bond motifs is 1. The van der Waals surface area contributed by atoms with E-state index in [2.05, 4.69) is 18.7 Å². The molecule has 0 bridgehead atoms. The third-order valence-corrected chi connectivity index (χ3v) is 7.23. The maximum atomic E-state index is 13.4. The minimum Gasteiger partial charge on any atom is -0.309 e. The maximum absolute atomic E-state index is 13.4. The molecule has 158 valence electrons. The van der Waals surface area contributed by atoms with Crippen LogP contribution >= 0.6 is 0 Å². The van der Waals surface area contributed by atoms with Gasteiger partial charge in [-0.05, 0) is 56.1 Å². The fraction of sp³-hybridized carbons (Fsp3) is 0.667. The Morgan fingerprint density at radius 3 is 2.39 bits per heavy atom. The lowest BCUT2D eigenvalue weighted by Gasteiger charge is -2.27. The molecule has 1 atom stereocenters. The molecular formula is C21H35N3O3S. The van der Waals surface area contributed by atoms with Crippen molar-refractivity contribution < 1.29 is 13.2 Å². The molecule has 28 heavy (non-hydrogen) atoms. The minimum absolute atomic E-state index is 0.0116. The number of nitrogens with zero attached hydrogens (tertiary/aromatic N) is 3. The van der Waals surface area contributed by atoms with Crippen molar-refractivity contribution >= 4 is 21.6 Å². The van der Waals surface area contributed by atoms with Crippen LogP contribution in [0.15, 0.2) is 23.1 Å². The molecule has 6 nitrogen and oxygen atoms in total. The molecule has 0 aromatic heterocycles. The van der Waals surface area contributed by atoms with Gasteiger partial charge in [0.25, 0.3) is 0 Å². The number of hydrogen-bond acceptors (Lipinski definition) is 4. The van der Waals surface area contributed by atoms with E-state index in [1.54, 1.807) is 34.3 Å². The Hall–Kier alpha value is -1.44. The monoisotopic (exact) mass is 409 g/mol. The average Bonchev–Trinajstić information content (AvgIpc) is 2.96. The van der Waals surface area contributed by atoms with Crippen LogP contribution in [0.5, 0.6) is 0 Å². The molecule has 0 spiro atoms. The van der Waals surface area contributed by atoms with E-state index in [-0.39, 0.29) is 17.9 Å². The van der Waals surface area contributed by atoms with Crippen LogP contribution in [-0.2, 0) is 21.2 Å². The summed E-state index contributed by atoms with van der Waals surface area (Å²) in [5.74, 6) is 0.233. The molecule has 0 fully saturated rings. The molecular weight excluding hydrogens is 374 g/mol. The van der Waals surface area contributed by atoms with Crippen LogP contribution in [0, 0.1) is 5.92 Å². The second-order valence-corrected chi connectivity index (χ2v) is 9.95. The number of carbonyl (C=O) groups excluding carboxylic acids is 1. The SMILES string of the molecule is CCN(CC)CCN(CC(C)C)S(=O)(=O)c1ccc2c(c1)CC(C)N2C(C)=O. The van der Waals surface area contributed by atoms with Gasteiger partial charge in [0.1, 0.15) is 0 Å². The number of amides is 1. The Labute approximate surface area is 170 Å². The number of benzene rings is 1. The molecule has 1 amide bonds. The second kappa shape index (κ2) is 9.37. The zero-order valence-corrected chi connectivity index (χ0v) is 18.9. The summed E-state index contributed by atoms with van der Waals surface area (Å²) in [4.78, 5) is 16.2. The van der Waals surface area contributed by atoms with E-state index in [1.807, 2.05) is 20.8 Å². The molecule has 2 rings (SSSR count). The highest BCUT2D eigenvalue weighted by atomic mass is 32.2. The second-order valence-electron chi connectivity index (χ2n) is 8.02. The highest BCUT2D eigenvalue weighted by Gasteiger charge is 2.32. The van der Waals surface area contributed by atoms with Crippen LogP contribution < -0.4 is 4.90 Å². The summed E-state index contributed by atoms with van der Waals surface area (Å²) in [7, 11) is -3.58. The number of anilines is 1. The maximum Gasteiger partial charge on any atom is 0.243 e. The van der Waals surface area contributed by atoms with Gasteiger partial charge in [0, 0.05) is 38.3 Å². The average molecular weight is 410 g/mol. The van der Waals surface area contributed by atoms with Crippen molar-refractivity contribution in [2.75, 3.05) is 37.6 Å². The van der Waals surface area contributed by atoms with E-state index in [4.69, 9.17) is 0 Å². The van der Waals surface area contributed by atoms with Crippen LogP contribution in [0.25, 0.3) is 0 Å². The van der Waals surface area contributed by atoms with Gasteiger partial charge in [-0.2, -0.15) is 4.31 Å². The first-order chi connectivity index (χ1) is 13.1. The van der Waals surface area contributed by atoms with Crippen molar-refractivity contribution in [1.29, 1.82) is 0 Å². The van der Waals surface area contributed by atoms with E-state index in [0.717, 1.165) is 30.9 Å². The van der Waals surface area contributed by atoms with Gasteiger partial charge in [0.15, 0.2) is 0 Å². The summed E-state index contributed by atoms with van der Waals surface area (Å²) in [5.41, 5.74) is 1.76. The molecule has 7 heteroatoms. The fourth-order valence-electron chi connectivity index (χ4n) is 3.91. The van der Waals surface area contributed by atoms with Gasteiger partial charge in [-0.15, -0.1) is 0 Å². The van der Waals surface area contributed by atoms with Gasteiger partial charge in [-0.1, -0.05) is 27.7 Å². The van der Waals surface area contributed by atoms with Crippen molar-refractivity contribution in [1.82, 2.24) is 9.21 Å². The summed E-state index contributed by atoms with van der Waals surface area (Å²) in [6, 6.07) is 5.24. The van der Waals surface area contributed by atoms with Gasteiger partial charge in [-0.3, -0.25) is 4.79 Å². The molecule has 1 aromatic rings.